The van der Waals surface area contributed by atoms with Crippen LogP contribution in [0.3, 0.4) is 0 Å². The first-order chi connectivity index (χ1) is 8.15. The number of fused-ring (bicyclic) bond motifs is 1. The Hall–Kier alpha value is -1.35. The molecule has 0 aliphatic heterocycles. The summed E-state index contributed by atoms with van der Waals surface area (Å²) in [4.78, 5) is 0. The highest BCUT2D eigenvalue weighted by molar-refractivity contribution is 5.82. The van der Waals surface area contributed by atoms with E-state index >= 15 is 0 Å². The van der Waals surface area contributed by atoms with Gasteiger partial charge in [0.2, 0.25) is 0 Å². The molecule has 90 valence electrons. The van der Waals surface area contributed by atoms with Crippen molar-refractivity contribution in [3.8, 4) is 0 Å². The molecule has 1 N–H and O–H groups in total. The maximum Gasteiger partial charge on any atom is 0.136 e. The summed E-state index contributed by atoms with van der Waals surface area (Å²) in [6, 6.07) is 4.45. The Morgan fingerprint density at radius 3 is 2.94 bits per heavy atom. The van der Waals surface area contributed by atoms with Crippen molar-refractivity contribution in [1.29, 1.82) is 0 Å². The number of rotatable bonds is 3. The van der Waals surface area contributed by atoms with Crippen LogP contribution in [0.5, 0.6) is 0 Å². The second-order valence-electron chi connectivity index (χ2n) is 4.93. The molecule has 2 aromatic rings. The predicted octanol–water partition coefficient (Wildman–Crippen LogP) is 3.71. The van der Waals surface area contributed by atoms with Crippen LogP contribution >= 0.6 is 0 Å². The van der Waals surface area contributed by atoms with Crippen LogP contribution in [0, 0.1) is 18.7 Å². The Balaban J connectivity index is 2.00. The van der Waals surface area contributed by atoms with Crippen molar-refractivity contribution in [2.24, 2.45) is 5.92 Å². The van der Waals surface area contributed by atoms with Gasteiger partial charge in [0.15, 0.2) is 0 Å². The Labute approximate surface area is 99.1 Å². The van der Waals surface area contributed by atoms with Gasteiger partial charge in [-0.2, -0.15) is 0 Å². The lowest BCUT2D eigenvalue weighted by Gasteiger charge is -2.07. The fourth-order valence-corrected chi connectivity index (χ4v) is 2.31. The fraction of sp³-hybridized carbons (Fsp3) is 0.429. The van der Waals surface area contributed by atoms with Crippen molar-refractivity contribution in [3.05, 3.63) is 35.3 Å². The number of benzene rings is 1. The molecule has 3 rings (SSSR count). The van der Waals surface area contributed by atoms with Crippen molar-refractivity contribution in [1.82, 2.24) is 0 Å². The maximum atomic E-state index is 13.1. The van der Waals surface area contributed by atoms with Crippen LogP contribution in [0.1, 0.15) is 36.7 Å². The number of halogens is 1. The minimum atomic E-state index is -0.557. The van der Waals surface area contributed by atoms with E-state index in [1.54, 1.807) is 6.07 Å². The van der Waals surface area contributed by atoms with E-state index in [9.17, 15) is 9.50 Å². The van der Waals surface area contributed by atoms with Gasteiger partial charge >= 0.3 is 0 Å². The molecule has 1 unspecified atom stereocenters. The highest BCUT2D eigenvalue weighted by Gasteiger charge is 2.28. The summed E-state index contributed by atoms with van der Waals surface area (Å²) in [5.74, 6) is 0.955. The number of hydrogen-bond acceptors (Lipinski definition) is 2. The molecule has 1 fully saturated rings. The third-order valence-electron chi connectivity index (χ3n) is 3.49. The lowest BCUT2D eigenvalue weighted by Crippen LogP contribution is -1.98. The summed E-state index contributed by atoms with van der Waals surface area (Å²) in [6.45, 7) is 1.87. The normalized spacial score (nSPS) is 17.6. The van der Waals surface area contributed by atoms with E-state index in [1.165, 1.54) is 25.0 Å². The summed E-state index contributed by atoms with van der Waals surface area (Å²) < 4.78 is 18.8. The van der Waals surface area contributed by atoms with Gasteiger partial charge in [-0.15, -0.1) is 0 Å². The molecule has 1 aromatic carbocycles. The third-order valence-corrected chi connectivity index (χ3v) is 3.49. The van der Waals surface area contributed by atoms with Gasteiger partial charge in [0.1, 0.15) is 23.3 Å². The molecule has 0 radical (unpaired) electrons. The summed E-state index contributed by atoms with van der Waals surface area (Å²) in [5.41, 5.74) is 1.50. The molecule has 2 nitrogen and oxygen atoms in total. The van der Waals surface area contributed by atoms with E-state index in [0.717, 1.165) is 17.4 Å². The Morgan fingerprint density at radius 1 is 1.47 bits per heavy atom. The van der Waals surface area contributed by atoms with Crippen molar-refractivity contribution < 1.29 is 13.9 Å². The van der Waals surface area contributed by atoms with E-state index in [0.29, 0.717) is 17.3 Å². The first-order valence-electron chi connectivity index (χ1n) is 6.02. The van der Waals surface area contributed by atoms with Crippen LogP contribution in [0.2, 0.25) is 0 Å². The van der Waals surface area contributed by atoms with Crippen molar-refractivity contribution in [2.75, 3.05) is 0 Å². The topological polar surface area (TPSA) is 33.4 Å². The minimum Gasteiger partial charge on any atom is -0.458 e. The molecule has 0 amide bonds. The number of furan rings is 1. The SMILES string of the molecule is Cc1c(C(O)CC2CC2)oc2ccc(F)cc12. The monoisotopic (exact) mass is 234 g/mol. The molecule has 1 aliphatic rings. The van der Waals surface area contributed by atoms with Gasteiger partial charge in [0, 0.05) is 10.9 Å². The van der Waals surface area contributed by atoms with E-state index in [2.05, 4.69) is 0 Å². The molecule has 0 spiro atoms. The summed E-state index contributed by atoms with van der Waals surface area (Å²) in [5, 5.41) is 10.9. The molecule has 1 aromatic heterocycles. The van der Waals surface area contributed by atoms with Crippen LogP contribution in [-0.2, 0) is 0 Å². The van der Waals surface area contributed by atoms with E-state index < -0.39 is 6.10 Å². The van der Waals surface area contributed by atoms with Crippen molar-refractivity contribution in [3.63, 3.8) is 0 Å². The molecule has 1 heterocycles. The highest BCUT2D eigenvalue weighted by Crippen LogP contribution is 2.40. The molecule has 1 aliphatic carbocycles. The van der Waals surface area contributed by atoms with E-state index in [-0.39, 0.29) is 5.82 Å². The number of aryl methyl sites for hydroxylation is 1. The molecular weight excluding hydrogens is 219 g/mol. The maximum absolute atomic E-state index is 13.1. The third kappa shape index (κ3) is 1.95. The lowest BCUT2D eigenvalue weighted by atomic mass is 10.1. The van der Waals surface area contributed by atoms with Gasteiger partial charge in [0.25, 0.3) is 0 Å². The second-order valence-corrected chi connectivity index (χ2v) is 4.93. The summed E-state index contributed by atoms with van der Waals surface area (Å²) >= 11 is 0. The molecule has 1 saturated carbocycles. The zero-order chi connectivity index (χ0) is 12.0. The summed E-state index contributed by atoms with van der Waals surface area (Å²) in [6.07, 6.45) is 2.59. The molecule has 17 heavy (non-hydrogen) atoms. The fourth-order valence-electron chi connectivity index (χ4n) is 2.31. The van der Waals surface area contributed by atoms with Gasteiger partial charge in [-0.25, -0.2) is 4.39 Å². The number of aliphatic hydroxyl groups is 1. The van der Waals surface area contributed by atoms with Gasteiger partial charge in [-0.3, -0.25) is 0 Å². The standard InChI is InChI=1S/C14H15FO2/c1-8-11-7-10(15)4-5-13(11)17-14(8)12(16)6-9-2-3-9/h4-5,7,9,12,16H,2-3,6H2,1H3. The molecule has 1 atom stereocenters. The average molecular weight is 234 g/mol. The van der Waals surface area contributed by atoms with E-state index in [4.69, 9.17) is 4.42 Å². The van der Waals surface area contributed by atoms with Gasteiger partial charge in [-0.05, 0) is 37.5 Å². The first kappa shape index (κ1) is 10.8. The Bertz CT molecular complexity index is 555. The largest absolute Gasteiger partial charge is 0.458 e. The molecule has 0 bridgehead atoms. The van der Waals surface area contributed by atoms with Gasteiger partial charge in [0.05, 0.1) is 0 Å². The molecular formula is C14H15FO2. The highest BCUT2D eigenvalue weighted by atomic mass is 19.1. The van der Waals surface area contributed by atoms with Crippen LogP contribution in [-0.4, -0.2) is 5.11 Å². The minimum absolute atomic E-state index is 0.273. The zero-order valence-corrected chi connectivity index (χ0v) is 9.74. The number of aliphatic hydroxyl groups excluding tert-OH is 1. The van der Waals surface area contributed by atoms with Crippen LogP contribution in [0.25, 0.3) is 11.0 Å². The average Bonchev–Trinajstić information content (AvgIpc) is 3.04. The van der Waals surface area contributed by atoms with E-state index in [1.807, 2.05) is 6.92 Å². The second kappa shape index (κ2) is 3.84. The predicted molar refractivity (Wildman–Crippen MR) is 63.2 cm³/mol. The zero-order valence-electron chi connectivity index (χ0n) is 9.74. The molecule has 0 saturated heterocycles. The first-order valence-corrected chi connectivity index (χ1v) is 6.02. The Kier molecular flexibility index (Phi) is 2.44. The van der Waals surface area contributed by atoms with Crippen LogP contribution in [0.15, 0.2) is 22.6 Å². The van der Waals surface area contributed by atoms with Crippen LogP contribution < -0.4 is 0 Å². The Morgan fingerprint density at radius 2 is 2.24 bits per heavy atom. The van der Waals surface area contributed by atoms with Gasteiger partial charge in [-0.1, -0.05) is 12.8 Å². The quantitative estimate of drug-likeness (QED) is 0.878. The number of hydrogen-bond donors (Lipinski definition) is 1. The molecule has 3 heteroatoms. The van der Waals surface area contributed by atoms with Crippen molar-refractivity contribution >= 4 is 11.0 Å². The lowest BCUT2D eigenvalue weighted by molar-refractivity contribution is 0.135. The van der Waals surface area contributed by atoms with Crippen LogP contribution in [0.4, 0.5) is 4.39 Å². The van der Waals surface area contributed by atoms with Gasteiger partial charge < -0.3 is 9.52 Å². The smallest absolute Gasteiger partial charge is 0.136 e. The van der Waals surface area contributed by atoms with Crippen molar-refractivity contribution in [2.45, 2.75) is 32.3 Å². The summed E-state index contributed by atoms with van der Waals surface area (Å²) in [7, 11) is 0.